The van der Waals surface area contributed by atoms with Crippen LogP contribution in [0.25, 0.3) is 0 Å². The molecule has 0 saturated carbocycles. The normalized spacial score (nSPS) is 10.6. The molecular weight excluding hydrogens is 262 g/mol. The van der Waals surface area contributed by atoms with Crippen LogP contribution in [0.5, 0.6) is 5.75 Å². The van der Waals surface area contributed by atoms with Crippen LogP contribution in [-0.2, 0) is 20.9 Å². The number of carbonyl (C=O) groups excluding carboxylic acids is 1. The standard InChI is InChI=1S/C14H21NO5/c1-10(2)4-5-19-13-7-15-11(6-12(13)16)8-20-14(17)9-18-3/h6-7,10H,4-5,8-9H2,1-3H3,(H,15,16). The molecule has 0 bridgehead atoms. The zero-order chi connectivity index (χ0) is 15.0. The van der Waals surface area contributed by atoms with Gasteiger partial charge in [-0.3, -0.25) is 4.79 Å². The van der Waals surface area contributed by atoms with Crippen molar-refractivity contribution in [2.45, 2.75) is 26.9 Å². The van der Waals surface area contributed by atoms with Gasteiger partial charge in [0, 0.05) is 19.4 Å². The summed E-state index contributed by atoms with van der Waals surface area (Å²) in [5.41, 5.74) is 0.279. The number of hydrogen-bond donors (Lipinski definition) is 1. The molecule has 0 amide bonds. The van der Waals surface area contributed by atoms with Crippen LogP contribution >= 0.6 is 0 Å². The van der Waals surface area contributed by atoms with Crippen molar-refractivity contribution in [1.82, 2.24) is 4.98 Å². The van der Waals surface area contributed by atoms with E-state index >= 15 is 0 Å². The van der Waals surface area contributed by atoms with Crippen molar-refractivity contribution in [3.63, 3.8) is 0 Å². The molecular formula is C14H21NO5. The fourth-order valence-corrected chi connectivity index (χ4v) is 1.42. The Labute approximate surface area is 118 Å². The van der Waals surface area contributed by atoms with Crippen molar-refractivity contribution in [3.8, 4) is 5.75 Å². The highest BCUT2D eigenvalue weighted by atomic mass is 16.6. The van der Waals surface area contributed by atoms with Gasteiger partial charge in [0.1, 0.15) is 13.2 Å². The summed E-state index contributed by atoms with van der Waals surface area (Å²) in [6.45, 7) is 4.57. The van der Waals surface area contributed by atoms with Crippen LogP contribution in [0.3, 0.4) is 0 Å². The summed E-state index contributed by atoms with van der Waals surface area (Å²) in [6, 6.07) is 1.37. The number of ether oxygens (including phenoxy) is 3. The first kappa shape index (κ1) is 16.2. The van der Waals surface area contributed by atoms with E-state index < -0.39 is 5.97 Å². The van der Waals surface area contributed by atoms with Gasteiger partial charge in [-0.05, 0) is 12.3 Å². The predicted molar refractivity (Wildman–Crippen MR) is 73.7 cm³/mol. The largest absolute Gasteiger partial charge is 0.488 e. The van der Waals surface area contributed by atoms with Crippen LogP contribution in [0.1, 0.15) is 26.0 Å². The van der Waals surface area contributed by atoms with E-state index in [0.717, 1.165) is 6.42 Å². The second-order valence-electron chi connectivity index (χ2n) is 4.81. The van der Waals surface area contributed by atoms with Crippen molar-refractivity contribution in [3.05, 3.63) is 28.2 Å². The van der Waals surface area contributed by atoms with Gasteiger partial charge in [0.2, 0.25) is 5.43 Å². The van der Waals surface area contributed by atoms with Gasteiger partial charge in [-0.1, -0.05) is 13.8 Å². The summed E-state index contributed by atoms with van der Waals surface area (Å²) in [4.78, 5) is 25.8. The van der Waals surface area contributed by atoms with E-state index in [1.165, 1.54) is 19.4 Å². The van der Waals surface area contributed by atoms with Crippen molar-refractivity contribution in [2.24, 2.45) is 5.92 Å². The maximum Gasteiger partial charge on any atom is 0.332 e. The second kappa shape index (κ2) is 8.37. The number of H-pyrrole nitrogens is 1. The molecule has 0 radical (unpaired) electrons. The molecule has 0 aromatic carbocycles. The molecule has 0 saturated heterocycles. The Morgan fingerprint density at radius 1 is 1.40 bits per heavy atom. The molecule has 0 unspecified atom stereocenters. The highest BCUT2D eigenvalue weighted by Crippen LogP contribution is 2.06. The first-order chi connectivity index (χ1) is 9.52. The Morgan fingerprint density at radius 3 is 2.75 bits per heavy atom. The lowest BCUT2D eigenvalue weighted by atomic mass is 10.1. The zero-order valence-electron chi connectivity index (χ0n) is 12.1. The molecule has 112 valence electrons. The van der Waals surface area contributed by atoms with E-state index in [2.05, 4.69) is 23.6 Å². The van der Waals surface area contributed by atoms with E-state index in [1.807, 2.05) is 0 Å². The molecule has 1 aromatic rings. The highest BCUT2D eigenvalue weighted by Gasteiger charge is 2.06. The molecule has 0 fully saturated rings. The topological polar surface area (TPSA) is 77.6 Å². The Kier molecular flexibility index (Phi) is 6.79. The predicted octanol–water partition coefficient (Wildman–Crippen LogP) is 1.49. The van der Waals surface area contributed by atoms with Crippen LogP contribution in [0, 0.1) is 5.92 Å². The first-order valence-corrected chi connectivity index (χ1v) is 6.52. The van der Waals surface area contributed by atoms with Gasteiger partial charge in [-0.25, -0.2) is 4.79 Å². The van der Waals surface area contributed by atoms with E-state index in [-0.39, 0.29) is 24.4 Å². The minimum atomic E-state index is -0.481. The summed E-state index contributed by atoms with van der Waals surface area (Å²) in [5.74, 6) is 0.316. The Balaban J connectivity index is 2.50. The van der Waals surface area contributed by atoms with Crippen molar-refractivity contribution >= 4 is 5.97 Å². The van der Waals surface area contributed by atoms with Gasteiger partial charge < -0.3 is 19.2 Å². The third-order valence-electron chi connectivity index (χ3n) is 2.54. The smallest absolute Gasteiger partial charge is 0.332 e. The monoisotopic (exact) mass is 283 g/mol. The van der Waals surface area contributed by atoms with Crippen molar-refractivity contribution in [1.29, 1.82) is 0 Å². The first-order valence-electron chi connectivity index (χ1n) is 6.52. The fourth-order valence-electron chi connectivity index (χ4n) is 1.42. The summed E-state index contributed by atoms with van der Waals surface area (Å²) in [6.07, 6.45) is 2.37. The van der Waals surface area contributed by atoms with Gasteiger partial charge in [-0.2, -0.15) is 0 Å². The van der Waals surface area contributed by atoms with Gasteiger partial charge in [0.25, 0.3) is 0 Å². The number of carbonyl (C=O) groups is 1. The Morgan fingerprint density at radius 2 is 2.15 bits per heavy atom. The number of methoxy groups -OCH3 is 1. The van der Waals surface area contributed by atoms with E-state index in [4.69, 9.17) is 9.47 Å². The van der Waals surface area contributed by atoms with Crippen molar-refractivity contribution < 1.29 is 19.0 Å². The Hall–Kier alpha value is -1.82. The van der Waals surface area contributed by atoms with Crippen LogP contribution in [-0.4, -0.2) is 31.3 Å². The average Bonchev–Trinajstić information content (AvgIpc) is 2.38. The lowest BCUT2D eigenvalue weighted by Crippen LogP contribution is -2.14. The molecule has 0 spiro atoms. The Bertz CT molecular complexity index is 481. The SMILES string of the molecule is COCC(=O)OCc1cc(=O)c(OCCC(C)C)c[nH]1. The van der Waals surface area contributed by atoms with E-state index in [1.54, 1.807) is 0 Å². The van der Waals surface area contributed by atoms with Crippen LogP contribution in [0.4, 0.5) is 0 Å². The molecule has 1 rings (SSSR count). The second-order valence-corrected chi connectivity index (χ2v) is 4.81. The number of hydrogen-bond acceptors (Lipinski definition) is 5. The van der Waals surface area contributed by atoms with Crippen LogP contribution in [0.15, 0.2) is 17.1 Å². The summed E-state index contributed by atoms with van der Waals surface area (Å²) in [7, 11) is 1.41. The minimum Gasteiger partial charge on any atom is -0.488 e. The number of rotatable bonds is 8. The van der Waals surface area contributed by atoms with Crippen LogP contribution < -0.4 is 10.2 Å². The molecule has 1 N–H and O–H groups in total. The zero-order valence-corrected chi connectivity index (χ0v) is 12.1. The third-order valence-corrected chi connectivity index (χ3v) is 2.54. The maximum atomic E-state index is 11.8. The van der Waals surface area contributed by atoms with Gasteiger partial charge in [0.05, 0.1) is 12.3 Å². The van der Waals surface area contributed by atoms with Crippen molar-refractivity contribution in [2.75, 3.05) is 20.3 Å². The van der Waals surface area contributed by atoms with Gasteiger partial charge >= 0.3 is 5.97 Å². The molecule has 6 heteroatoms. The molecule has 0 aliphatic rings. The highest BCUT2D eigenvalue weighted by molar-refractivity contribution is 5.70. The molecule has 20 heavy (non-hydrogen) atoms. The molecule has 1 heterocycles. The number of nitrogens with one attached hydrogen (secondary N) is 1. The fraction of sp³-hybridized carbons (Fsp3) is 0.571. The molecule has 0 atom stereocenters. The summed E-state index contributed by atoms with van der Waals surface area (Å²) in [5, 5.41) is 0. The molecule has 1 aromatic heterocycles. The number of pyridine rings is 1. The number of esters is 1. The number of aromatic nitrogens is 1. The van der Waals surface area contributed by atoms with Gasteiger partial charge in [-0.15, -0.1) is 0 Å². The summed E-state index contributed by atoms with van der Waals surface area (Å²) >= 11 is 0. The lowest BCUT2D eigenvalue weighted by molar-refractivity contribution is -0.149. The number of aromatic amines is 1. The molecule has 6 nitrogen and oxygen atoms in total. The summed E-state index contributed by atoms with van der Waals surface area (Å²) < 4.78 is 14.9. The maximum absolute atomic E-state index is 11.8. The van der Waals surface area contributed by atoms with E-state index in [0.29, 0.717) is 18.2 Å². The van der Waals surface area contributed by atoms with Crippen LogP contribution in [0.2, 0.25) is 0 Å². The lowest BCUT2D eigenvalue weighted by Gasteiger charge is -2.08. The van der Waals surface area contributed by atoms with Gasteiger partial charge in [0.15, 0.2) is 5.75 Å². The molecule has 0 aliphatic heterocycles. The molecule has 0 aliphatic carbocycles. The average molecular weight is 283 g/mol. The quantitative estimate of drug-likeness (QED) is 0.731. The van der Waals surface area contributed by atoms with E-state index in [9.17, 15) is 9.59 Å². The third kappa shape index (κ3) is 5.88. The minimum absolute atomic E-state index is 0.00368.